The fourth-order valence-corrected chi connectivity index (χ4v) is 3.16. The molecular formula is C19H18N2O2. The summed E-state index contributed by atoms with van der Waals surface area (Å²) in [5.41, 5.74) is -0.126. The van der Waals surface area contributed by atoms with Gasteiger partial charge >= 0.3 is 5.97 Å². The lowest BCUT2D eigenvalue weighted by atomic mass is 9.59. The first kappa shape index (κ1) is 16.5. The minimum absolute atomic E-state index is 0.244. The van der Waals surface area contributed by atoms with Crippen LogP contribution in [0.15, 0.2) is 54.6 Å². The van der Waals surface area contributed by atoms with Gasteiger partial charge in [-0.2, -0.15) is 10.5 Å². The molecule has 0 spiro atoms. The second kappa shape index (κ2) is 6.94. The molecule has 2 rings (SSSR count). The van der Waals surface area contributed by atoms with E-state index in [0.717, 1.165) is 5.56 Å². The van der Waals surface area contributed by atoms with Crippen LogP contribution in [0.1, 0.15) is 24.8 Å². The van der Waals surface area contributed by atoms with E-state index in [9.17, 15) is 15.3 Å². The summed E-state index contributed by atoms with van der Waals surface area (Å²) in [5, 5.41) is 19.6. The van der Waals surface area contributed by atoms with Crippen LogP contribution in [0.3, 0.4) is 0 Å². The molecule has 0 amide bonds. The Bertz CT molecular complexity index is 693. The van der Waals surface area contributed by atoms with Crippen LogP contribution in [0.25, 0.3) is 0 Å². The number of carbonyl (C=O) groups is 1. The highest BCUT2D eigenvalue weighted by atomic mass is 16.5. The summed E-state index contributed by atoms with van der Waals surface area (Å²) in [6, 6.07) is 13.8. The van der Waals surface area contributed by atoms with Gasteiger partial charge in [0.2, 0.25) is 0 Å². The van der Waals surface area contributed by atoms with E-state index in [0.29, 0.717) is 12.0 Å². The predicted octanol–water partition coefficient (Wildman–Crippen LogP) is 3.50. The Labute approximate surface area is 136 Å². The van der Waals surface area contributed by atoms with Crippen LogP contribution < -0.4 is 0 Å². The number of nitrogens with zero attached hydrogens (tertiary/aromatic N) is 2. The van der Waals surface area contributed by atoms with E-state index >= 15 is 0 Å². The van der Waals surface area contributed by atoms with Crippen LogP contribution in [0.4, 0.5) is 0 Å². The van der Waals surface area contributed by atoms with Crippen LogP contribution in [0.2, 0.25) is 0 Å². The highest BCUT2D eigenvalue weighted by molar-refractivity contribution is 5.90. The lowest BCUT2D eigenvalue weighted by Crippen LogP contribution is -2.39. The molecule has 0 radical (unpaired) electrons. The molecule has 0 aliphatic heterocycles. The number of nitriles is 2. The lowest BCUT2D eigenvalue weighted by Gasteiger charge is -2.38. The summed E-state index contributed by atoms with van der Waals surface area (Å²) in [6.07, 6.45) is 3.71. The van der Waals surface area contributed by atoms with Crippen molar-refractivity contribution in [1.29, 1.82) is 10.5 Å². The second-order valence-corrected chi connectivity index (χ2v) is 5.38. The normalized spacial score (nSPS) is 22.1. The predicted molar refractivity (Wildman–Crippen MR) is 85.9 cm³/mol. The molecule has 2 atom stereocenters. The van der Waals surface area contributed by atoms with Gasteiger partial charge in [0.1, 0.15) is 0 Å². The van der Waals surface area contributed by atoms with E-state index < -0.39 is 17.3 Å². The number of ether oxygens (including phenoxy) is 1. The summed E-state index contributed by atoms with van der Waals surface area (Å²) >= 11 is 0. The molecule has 2 unspecified atom stereocenters. The van der Waals surface area contributed by atoms with Crippen molar-refractivity contribution in [3.05, 3.63) is 60.2 Å². The number of hydrogen-bond donors (Lipinski definition) is 0. The van der Waals surface area contributed by atoms with Crippen molar-refractivity contribution in [2.45, 2.75) is 19.3 Å². The molecule has 0 saturated heterocycles. The Kier molecular flexibility index (Phi) is 4.98. The smallest absolute Gasteiger partial charge is 0.334 e. The quantitative estimate of drug-likeness (QED) is 0.630. The first-order valence-corrected chi connectivity index (χ1v) is 7.51. The summed E-state index contributed by atoms with van der Waals surface area (Å²) < 4.78 is 5.06. The third-order valence-electron chi connectivity index (χ3n) is 4.27. The number of benzene rings is 1. The maximum Gasteiger partial charge on any atom is 0.334 e. The van der Waals surface area contributed by atoms with Crippen molar-refractivity contribution in [1.82, 2.24) is 0 Å². The van der Waals surface area contributed by atoms with Gasteiger partial charge in [-0.3, -0.25) is 0 Å². The van der Waals surface area contributed by atoms with Crippen LogP contribution in [0.5, 0.6) is 0 Å². The van der Waals surface area contributed by atoms with Gasteiger partial charge in [0.15, 0.2) is 5.41 Å². The zero-order valence-electron chi connectivity index (χ0n) is 13.0. The molecule has 1 aromatic rings. The Morgan fingerprint density at radius 2 is 2.04 bits per heavy atom. The molecule has 0 heterocycles. The van der Waals surface area contributed by atoms with Crippen molar-refractivity contribution in [3.8, 4) is 12.1 Å². The summed E-state index contributed by atoms with van der Waals surface area (Å²) in [7, 11) is 0. The third kappa shape index (κ3) is 2.76. The molecule has 23 heavy (non-hydrogen) atoms. The van der Waals surface area contributed by atoms with Gasteiger partial charge in [-0.1, -0.05) is 42.5 Å². The average molecular weight is 306 g/mol. The molecule has 0 bridgehead atoms. The van der Waals surface area contributed by atoms with Gasteiger partial charge in [0, 0.05) is 17.4 Å². The van der Waals surface area contributed by atoms with Crippen LogP contribution in [-0.4, -0.2) is 12.6 Å². The minimum atomic E-state index is -1.38. The molecule has 1 aromatic carbocycles. The van der Waals surface area contributed by atoms with Gasteiger partial charge in [-0.25, -0.2) is 4.79 Å². The summed E-state index contributed by atoms with van der Waals surface area (Å²) in [4.78, 5) is 12.2. The fraction of sp³-hybridized carbons (Fsp3) is 0.316. The SMILES string of the molecule is C=CC1C(C(=O)OCC)=CCC(c2ccccc2)C1(C#N)C#N. The standard InChI is InChI=1S/C19H18N2O2/c1-3-16-15(18(22)23-4-2)10-11-17(19(16,12-20)13-21)14-8-6-5-7-9-14/h3,5-10,16-17H,1,4,11H2,2H3. The molecular weight excluding hydrogens is 288 g/mol. The van der Waals surface area contributed by atoms with E-state index in [1.54, 1.807) is 13.0 Å². The van der Waals surface area contributed by atoms with E-state index in [-0.39, 0.29) is 12.5 Å². The molecule has 4 heteroatoms. The number of rotatable bonds is 4. The van der Waals surface area contributed by atoms with E-state index in [2.05, 4.69) is 18.7 Å². The Morgan fingerprint density at radius 3 is 2.57 bits per heavy atom. The second-order valence-electron chi connectivity index (χ2n) is 5.38. The van der Waals surface area contributed by atoms with Crippen molar-refractivity contribution < 1.29 is 9.53 Å². The molecule has 116 valence electrons. The Hall–Kier alpha value is -2.85. The number of carbonyl (C=O) groups excluding carboxylic acids is 1. The Balaban J connectivity index is 2.57. The fourth-order valence-electron chi connectivity index (χ4n) is 3.16. The van der Waals surface area contributed by atoms with E-state index in [1.807, 2.05) is 30.3 Å². The lowest BCUT2D eigenvalue weighted by molar-refractivity contribution is -0.139. The molecule has 0 saturated carbocycles. The van der Waals surface area contributed by atoms with Crippen molar-refractivity contribution in [3.63, 3.8) is 0 Å². The topological polar surface area (TPSA) is 73.9 Å². The third-order valence-corrected chi connectivity index (χ3v) is 4.27. The van der Waals surface area contributed by atoms with Gasteiger partial charge in [0.05, 0.1) is 18.7 Å². The maximum absolute atomic E-state index is 12.2. The first-order chi connectivity index (χ1) is 11.1. The molecule has 1 aliphatic rings. The molecule has 0 N–H and O–H groups in total. The van der Waals surface area contributed by atoms with Gasteiger partial charge in [-0.05, 0) is 18.9 Å². The molecule has 1 aliphatic carbocycles. The van der Waals surface area contributed by atoms with Crippen LogP contribution >= 0.6 is 0 Å². The van der Waals surface area contributed by atoms with E-state index in [4.69, 9.17) is 4.74 Å². The van der Waals surface area contributed by atoms with E-state index in [1.165, 1.54) is 6.08 Å². The maximum atomic E-state index is 12.2. The molecule has 0 aromatic heterocycles. The van der Waals surface area contributed by atoms with Gasteiger partial charge < -0.3 is 4.74 Å². The van der Waals surface area contributed by atoms with Crippen LogP contribution in [0, 0.1) is 34.0 Å². The average Bonchev–Trinajstić information content (AvgIpc) is 2.61. The van der Waals surface area contributed by atoms with Gasteiger partial charge in [0.25, 0.3) is 0 Å². The van der Waals surface area contributed by atoms with Crippen LogP contribution in [-0.2, 0) is 9.53 Å². The zero-order chi connectivity index (χ0) is 16.9. The summed E-state index contributed by atoms with van der Waals surface area (Å²) in [5.74, 6) is -1.49. The zero-order valence-corrected chi connectivity index (χ0v) is 13.0. The van der Waals surface area contributed by atoms with Crippen molar-refractivity contribution in [2.75, 3.05) is 6.61 Å². The monoisotopic (exact) mass is 306 g/mol. The number of esters is 1. The largest absolute Gasteiger partial charge is 0.463 e. The van der Waals surface area contributed by atoms with Crippen molar-refractivity contribution in [2.24, 2.45) is 11.3 Å². The number of allylic oxidation sites excluding steroid dienone is 2. The number of hydrogen-bond acceptors (Lipinski definition) is 4. The summed E-state index contributed by atoms with van der Waals surface area (Å²) in [6.45, 7) is 5.71. The highest BCUT2D eigenvalue weighted by Gasteiger charge is 2.51. The highest BCUT2D eigenvalue weighted by Crippen LogP contribution is 2.50. The minimum Gasteiger partial charge on any atom is -0.463 e. The first-order valence-electron chi connectivity index (χ1n) is 7.51. The molecule has 0 fully saturated rings. The molecule has 4 nitrogen and oxygen atoms in total. The van der Waals surface area contributed by atoms with Gasteiger partial charge in [-0.15, -0.1) is 6.58 Å². The Morgan fingerprint density at radius 1 is 1.39 bits per heavy atom. The van der Waals surface area contributed by atoms with Crippen molar-refractivity contribution >= 4 is 5.97 Å².